The molecule has 0 radical (unpaired) electrons. The SMILES string of the molecule is CC[C@H](C)[C@H](N)c1nc(Cc2nc(C)cs2)no1. The summed E-state index contributed by atoms with van der Waals surface area (Å²) in [5.74, 6) is 1.51. The highest BCUT2D eigenvalue weighted by atomic mass is 32.1. The summed E-state index contributed by atoms with van der Waals surface area (Å²) in [6, 6.07) is -0.186. The monoisotopic (exact) mass is 266 g/mol. The summed E-state index contributed by atoms with van der Waals surface area (Å²) in [5.41, 5.74) is 7.07. The quantitative estimate of drug-likeness (QED) is 0.899. The third-order valence-corrected chi connectivity index (χ3v) is 3.97. The molecule has 0 aliphatic carbocycles. The van der Waals surface area contributed by atoms with Gasteiger partial charge in [-0.15, -0.1) is 11.3 Å². The van der Waals surface area contributed by atoms with Crippen LogP contribution in [0.15, 0.2) is 9.90 Å². The van der Waals surface area contributed by atoms with E-state index in [0.29, 0.717) is 24.1 Å². The third-order valence-electron chi connectivity index (χ3n) is 3.00. The molecule has 0 spiro atoms. The zero-order chi connectivity index (χ0) is 13.1. The van der Waals surface area contributed by atoms with Gasteiger partial charge in [0.15, 0.2) is 5.82 Å². The van der Waals surface area contributed by atoms with Crippen LogP contribution in [-0.2, 0) is 6.42 Å². The summed E-state index contributed by atoms with van der Waals surface area (Å²) >= 11 is 1.61. The van der Waals surface area contributed by atoms with Gasteiger partial charge in [0.2, 0.25) is 5.89 Å². The highest BCUT2D eigenvalue weighted by molar-refractivity contribution is 7.09. The lowest BCUT2D eigenvalue weighted by atomic mass is 10.0. The van der Waals surface area contributed by atoms with Gasteiger partial charge >= 0.3 is 0 Å². The highest BCUT2D eigenvalue weighted by Crippen LogP contribution is 2.21. The molecule has 98 valence electrons. The fourth-order valence-electron chi connectivity index (χ4n) is 1.59. The smallest absolute Gasteiger partial charge is 0.243 e. The second-order valence-electron chi connectivity index (χ2n) is 4.52. The Hall–Kier alpha value is -1.27. The highest BCUT2D eigenvalue weighted by Gasteiger charge is 2.20. The van der Waals surface area contributed by atoms with E-state index in [1.54, 1.807) is 11.3 Å². The van der Waals surface area contributed by atoms with E-state index < -0.39 is 0 Å². The number of hydrogen-bond acceptors (Lipinski definition) is 6. The van der Waals surface area contributed by atoms with Crippen LogP contribution in [0.2, 0.25) is 0 Å². The summed E-state index contributed by atoms with van der Waals surface area (Å²) in [7, 11) is 0. The van der Waals surface area contributed by atoms with Crippen LogP contribution in [0.25, 0.3) is 0 Å². The number of aromatic nitrogens is 3. The first-order valence-electron chi connectivity index (χ1n) is 6.09. The van der Waals surface area contributed by atoms with Crippen molar-refractivity contribution >= 4 is 11.3 Å². The number of nitrogens with two attached hydrogens (primary N) is 1. The maximum absolute atomic E-state index is 6.05. The van der Waals surface area contributed by atoms with Crippen molar-refractivity contribution in [3.8, 4) is 0 Å². The van der Waals surface area contributed by atoms with Crippen LogP contribution in [0.1, 0.15) is 48.7 Å². The van der Waals surface area contributed by atoms with E-state index in [1.165, 1.54) is 0 Å². The molecule has 0 fully saturated rings. The Morgan fingerprint density at radius 1 is 1.44 bits per heavy atom. The molecule has 0 aromatic carbocycles. The first kappa shape index (κ1) is 13.2. The van der Waals surface area contributed by atoms with Crippen molar-refractivity contribution < 1.29 is 4.52 Å². The van der Waals surface area contributed by atoms with Crippen molar-refractivity contribution in [2.24, 2.45) is 11.7 Å². The molecule has 0 unspecified atom stereocenters. The molecule has 18 heavy (non-hydrogen) atoms. The van der Waals surface area contributed by atoms with Crippen LogP contribution in [0.4, 0.5) is 0 Å². The van der Waals surface area contributed by atoms with Crippen molar-refractivity contribution in [1.82, 2.24) is 15.1 Å². The van der Waals surface area contributed by atoms with Gasteiger partial charge < -0.3 is 10.3 Å². The molecule has 2 atom stereocenters. The summed E-state index contributed by atoms with van der Waals surface area (Å²) in [4.78, 5) is 8.72. The van der Waals surface area contributed by atoms with E-state index in [4.69, 9.17) is 10.3 Å². The fourth-order valence-corrected chi connectivity index (χ4v) is 2.36. The normalized spacial score (nSPS) is 14.7. The van der Waals surface area contributed by atoms with Crippen molar-refractivity contribution in [2.45, 2.75) is 39.7 Å². The van der Waals surface area contributed by atoms with Gasteiger partial charge in [-0.3, -0.25) is 0 Å². The number of thiazole rings is 1. The number of aryl methyl sites for hydroxylation is 1. The molecule has 0 saturated heterocycles. The molecule has 2 aromatic heterocycles. The van der Waals surface area contributed by atoms with Gasteiger partial charge in [-0.05, 0) is 12.8 Å². The largest absolute Gasteiger partial charge is 0.338 e. The number of hydrogen-bond donors (Lipinski definition) is 1. The summed E-state index contributed by atoms with van der Waals surface area (Å²) in [5, 5.41) is 6.97. The predicted octanol–water partition coefficient (Wildman–Crippen LogP) is 2.47. The van der Waals surface area contributed by atoms with Gasteiger partial charge in [-0.25, -0.2) is 4.98 Å². The molecule has 0 aliphatic rings. The second-order valence-corrected chi connectivity index (χ2v) is 5.46. The Balaban J connectivity index is 2.06. The standard InChI is InChI=1S/C12H18N4OS/c1-4-7(2)11(13)12-15-9(16-17-12)5-10-14-8(3)6-18-10/h6-7,11H,4-5,13H2,1-3H3/t7-,11-/m0/s1. The van der Waals surface area contributed by atoms with Gasteiger partial charge in [-0.2, -0.15) is 4.98 Å². The number of nitrogens with zero attached hydrogens (tertiary/aromatic N) is 3. The van der Waals surface area contributed by atoms with E-state index in [0.717, 1.165) is 17.1 Å². The van der Waals surface area contributed by atoms with Gasteiger partial charge in [0, 0.05) is 11.1 Å². The lowest BCUT2D eigenvalue weighted by Gasteiger charge is -2.12. The van der Waals surface area contributed by atoms with Crippen molar-refractivity contribution in [3.05, 3.63) is 27.8 Å². The molecule has 6 heteroatoms. The Morgan fingerprint density at radius 2 is 2.22 bits per heavy atom. The fraction of sp³-hybridized carbons (Fsp3) is 0.583. The van der Waals surface area contributed by atoms with Crippen LogP contribution < -0.4 is 5.73 Å². The van der Waals surface area contributed by atoms with Gasteiger partial charge in [0.05, 0.1) is 12.5 Å². The molecule has 2 aromatic rings. The van der Waals surface area contributed by atoms with Crippen molar-refractivity contribution in [3.63, 3.8) is 0 Å². The zero-order valence-electron chi connectivity index (χ0n) is 10.9. The van der Waals surface area contributed by atoms with Crippen LogP contribution in [-0.4, -0.2) is 15.1 Å². The molecule has 2 N–H and O–H groups in total. The molecule has 2 rings (SSSR count). The molecule has 0 saturated carbocycles. The Bertz CT molecular complexity index is 508. The van der Waals surface area contributed by atoms with Crippen molar-refractivity contribution in [2.75, 3.05) is 0 Å². The molecule has 2 heterocycles. The maximum Gasteiger partial charge on any atom is 0.243 e. The van der Waals surface area contributed by atoms with Gasteiger partial charge in [0.25, 0.3) is 0 Å². The van der Waals surface area contributed by atoms with E-state index in [-0.39, 0.29) is 6.04 Å². The Morgan fingerprint density at radius 3 is 2.83 bits per heavy atom. The molecule has 0 bridgehead atoms. The summed E-state index contributed by atoms with van der Waals surface area (Å²) in [6.45, 7) is 6.15. The first-order valence-corrected chi connectivity index (χ1v) is 6.97. The Kier molecular flexibility index (Phi) is 4.08. The van der Waals surface area contributed by atoms with Crippen LogP contribution in [0.3, 0.4) is 0 Å². The Labute approximate surface area is 110 Å². The molecule has 5 nitrogen and oxygen atoms in total. The minimum Gasteiger partial charge on any atom is -0.338 e. The minimum atomic E-state index is -0.186. The predicted molar refractivity (Wildman–Crippen MR) is 70.3 cm³/mol. The zero-order valence-corrected chi connectivity index (χ0v) is 11.7. The molecule has 0 aliphatic heterocycles. The van der Waals surface area contributed by atoms with E-state index in [2.05, 4.69) is 29.0 Å². The van der Waals surface area contributed by atoms with Gasteiger partial charge in [-0.1, -0.05) is 25.4 Å². The lowest BCUT2D eigenvalue weighted by molar-refractivity contribution is 0.310. The third kappa shape index (κ3) is 2.94. The van der Waals surface area contributed by atoms with E-state index in [9.17, 15) is 0 Å². The lowest BCUT2D eigenvalue weighted by Crippen LogP contribution is -2.18. The molecular weight excluding hydrogens is 248 g/mol. The molecular formula is C12H18N4OS. The number of rotatable bonds is 5. The minimum absolute atomic E-state index is 0.186. The van der Waals surface area contributed by atoms with Crippen molar-refractivity contribution in [1.29, 1.82) is 0 Å². The van der Waals surface area contributed by atoms with Crippen LogP contribution in [0.5, 0.6) is 0 Å². The summed E-state index contributed by atoms with van der Waals surface area (Å²) in [6.07, 6.45) is 1.60. The second kappa shape index (κ2) is 5.58. The maximum atomic E-state index is 6.05. The topological polar surface area (TPSA) is 77.8 Å². The molecule has 0 amide bonds. The van der Waals surface area contributed by atoms with E-state index >= 15 is 0 Å². The van der Waals surface area contributed by atoms with Crippen LogP contribution >= 0.6 is 11.3 Å². The van der Waals surface area contributed by atoms with Crippen LogP contribution in [0, 0.1) is 12.8 Å². The average Bonchev–Trinajstić information content (AvgIpc) is 2.97. The first-order chi connectivity index (χ1) is 8.60. The average molecular weight is 266 g/mol. The van der Waals surface area contributed by atoms with E-state index in [1.807, 2.05) is 12.3 Å². The summed E-state index contributed by atoms with van der Waals surface area (Å²) < 4.78 is 5.22. The van der Waals surface area contributed by atoms with Gasteiger partial charge in [0.1, 0.15) is 5.01 Å².